The largest absolute Gasteiger partial charge is 0.503 e. The van der Waals surface area contributed by atoms with Crippen LogP contribution in [-0.2, 0) is 0 Å². The molecule has 0 bridgehead atoms. The Balaban J connectivity index is 0.00000242. The van der Waals surface area contributed by atoms with Crippen LogP contribution in [0.1, 0.15) is 18.5 Å². The van der Waals surface area contributed by atoms with Gasteiger partial charge in [0.2, 0.25) is 0 Å². The summed E-state index contributed by atoms with van der Waals surface area (Å²) in [5.41, 5.74) is 0.444. The molecule has 0 saturated carbocycles. The topological polar surface area (TPSA) is 44.7 Å². The molecular formula is C14H21BrCl2F2N2O2. The minimum absolute atomic E-state index is 0. The van der Waals surface area contributed by atoms with Crippen molar-refractivity contribution in [3.63, 3.8) is 0 Å². The minimum Gasteiger partial charge on any atom is -0.503 e. The predicted octanol–water partition coefficient (Wildman–Crippen LogP) is 3.61. The number of aromatic hydroxyl groups is 1. The molecule has 1 atom stereocenters. The SMILES string of the molecule is CCOc1cc([C@H](C(F)F)N2CCNCC2)cc(Br)c1O.Cl.Cl. The minimum atomic E-state index is -2.51. The van der Waals surface area contributed by atoms with Crippen molar-refractivity contribution in [2.45, 2.75) is 19.4 Å². The molecule has 2 N–H and O–H groups in total. The van der Waals surface area contributed by atoms with E-state index in [9.17, 15) is 13.9 Å². The zero-order valence-corrected chi connectivity index (χ0v) is 15.8. The molecule has 1 heterocycles. The van der Waals surface area contributed by atoms with Crippen LogP contribution >= 0.6 is 40.7 Å². The number of piperazine rings is 1. The van der Waals surface area contributed by atoms with Gasteiger partial charge in [-0.1, -0.05) is 0 Å². The van der Waals surface area contributed by atoms with Crippen molar-refractivity contribution in [3.05, 3.63) is 22.2 Å². The summed E-state index contributed by atoms with van der Waals surface area (Å²) in [5, 5.41) is 13.1. The molecule has 0 aromatic heterocycles. The average molecular weight is 438 g/mol. The molecule has 1 aromatic carbocycles. The fourth-order valence-electron chi connectivity index (χ4n) is 2.51. The van der Waals surface area contributed by atoms with E-state index in [0.717, 1.165) is 0 Å². The molecule has 1 saturated heterocycles. The normalized spacial score (nSPS) is 16.4. The van der Waals surface area contributed by atoms with Crippen LogP contribution in [-0.4, -0.2) is 49.2 Å². The lowest BCUT2D eigenvalue weighted by molar-refractivity contribution is 0.0180. The van der Waals surface area contributed by atoms with Crippen molar-refractivity contribution in [2.75, 3.05) is 32.8 Å². The molecule has 23 heavy (non-hydrogen) atoms. The van der Waals surface area contributed by atoms with Crippen LogP contribution in [0.25, 0.3) is 0 Å². The molecule has 1 aliphatic rings. The highest BCUT2D eigenvalue weighted by Crippen LogP contribution is 2.39. The van der Waals surface area contributed by atoms with Gasteiger partial charge in [0.25, 0.3) is 6.43 Å². The van der Waals surface area contributed by atoms with Crippen LogP contribution < -0.4 is 10.1 Å². The van der Waals surface area contributed by atoms with Gasteiger partial charge in [-0.25, -0.2) is 8.78 Å². The number of halogens is 5. The highest BCUT2D eigenvalue weighted by molar-refractivity contribution is 9.10. The van der Waals surface area contributed by atoms with E-state index in [1.807, 2.05) is 0 Å². The van der Waals surface area contributed by atoms with E-state index >= 15 is 0 Å². The van der Waals surface area contributed by atoms with Crippen LogP contribution in [0.2, 0.25) is 0 Å². The number of ether oxygens (including phenoxy) is 1. The second-order valence-electron chi connectivity index (χ2n) is 4.85. The van der Waals surface area contributed by atoms with Gasteiger partial charge in [0.15, 0.2) is 11.5 Å². The third kappa shape index (κ3) is 5.60. The number of alkyl halides is 2. The number of hydrogen-bond acceptors (Lipinski definition) is 4. The lowest BCUT2D eigenvalue weighted by Gasteiger charge is -2.34. The smallest absolute Gasteiger partial charge is 0.258 e. The highest BCUT2D eigenvalue weighted by atomic mass is 79.9. The first-order chi connectivity index (χ1) is 10.0. The summed E-state index contributed by atoms with van der Waals surface area (Å²) >= 11 is 3.20. The molecular weight excluding hydrogens is 417 g/mol. The summed E-state index contributed by atoms with van der Waals surface area (Å²) in [4.78, 5) is 1.76. The van der Waals surface area contributed by atoms with E-state index in [1.54, 1.807) is 11.8 Å². The van der Waals surface area contributed by atoms with Crippen molar-refractivity contribution in [3.8, 4) is 11.5 Å². The molecule has 0 amide bonds. The van der Waals surface area contributed by atoms with Gasteiger partial charge in [-0.2, -0.15) is 0 Å². The lowest BCUT2D eigenvalue weighted by atomic mass is 10.0. The fourth-order valence-corrected chi connectivity index (χ4v) is 2.97. The Morgan fingerprint density at radius 2 is 1.91 bits per heavy atom. The summed E-state index contributed by atoms with van der Waals surface area (Å²) in [6.45, 7) is 4.66. The Morgan fingerprint density at radius 1 is 1.30 bits per heavy atom. The van der Waals surface area contributed by atoms with Crippen LogP contribution in [0, 0.1) is 0 Å². The second kappa shape index (κ2) is 10.5. The van der Waals surface area contributed by atoms with Gasteiger partial charge in [-0.15, -0.1) is 24.8 Å². The monoisotopic (exact) mass is 436 g/mol. The Labute approximate surface area is 155 Å². The van der Waals surface area contributed by atoms with E-state index in [4.69, 9.17) is 4.74 Å². The number of hydrogen-bond donors (Lipinski definition) is 2. The first-order valence-corrected chi connectivity index (χ1v) is 7.72. The quantitative estimate of drug-likeness (QED) is 0.738. The van der Waals surface area contributed by atoms with Gasteiger partial charge in [-0.05, 0) is 40.5 Å². The van der Waals surface area contributed by atoms with Gasteiger partial charge in [0, 0.05) is 26.2 Å². The highest BCUT2D eigenvalue weighted by Gasteiger charge is 2.31. The molecule has 0 aliphatic carbocycles. The molecule has 0 spiro atoms. The maximum atomic E-state index is 13.5. The standard InChI is InChI=1S/C14H19BrF2N2O2.2ClH/c1-2-21-11-8-9(7-10(15)13(11)20)12(14(16)17)19-5-3-18-4-6-19;;/h7-8,12,14,18,20H,2-6H2,1H3;2*1H/t12-;;/m1../s1. The zero-order chi connectivity index (χ0) is 15.4. The van der Waals surface area contributed by atoms with Crippen LogP contribution in [0.3, 0.4) is 0 Å². The van der Waals surface area contributed by atoms with Gasteiger partial charge in [-0.3, -0.25) is 4.90 Å². The predicted molar refractivity (Wildman–Crippen MR) is 94.7 cm³/mol. The van der Waals surface area contributed by atoms with E-state index in [0.29, 0.717) is 42.8 Å². The Bertz CT molecular complexity index is 492. The van der Waals surface area contributed by atoms with Gasteiger partial charge < -0.3 is 15.2 Å². The molecule has 1 fully saturated rings. The van der Waals surface area contributed by atoms with Crippen LogP contribution in [0.15, 0.2) is 16.6 Å². The van der Waals surface area contributed by atoms with E-state index in [2.05, 4.69) is 21.2 Å². The molecule has 2 rings (SSSR count). The second-order valence-corrected chi connectivity index (χ2v) is 5.70. The van der Waals surface area contributed by atoms with Gasteiger partial charge in [0.05, 0.1) is 17.1 Å². The average Bonchev–Trinajstić information content (AvgIpc) is 2.45. The third-order valence-electron chi connectivity index (χ3n) is 3.48. The van der Waals surface area contributed by atoms with Crippen molar-refractivity contribution < 1.29 is 18.6 Å². The Kier molecular flexibility index (Phi) is 10.4. The number of benzene rings is 1. The van der Waals surface area contributed by atoms with Crippen molar-refractivity contribution in [1.29, 1.82) is 0 Å². The number of phenols is 1. The maximum Gasteiger partial charge on any atom is 0.258 e. The molecule has 0 radical (unpaired) electrons. The van der Waals surface area contributed by atoms with Crippen LogP contribution in [0.4, 0.5) is 8.78 Å². The van der Waals surface area contributed by atoms with Crippen molar-refractivity contribution in [2.24, 2.45) is 0 Å². The summed E-state index contributed by atoms with van der Waals surface area (Å²) in [6, 6.07) is 2.04. The molecule has 4 nitrogen and oxygen atoms in total. The van der Waals surface area contributed by atoms with E-state index < -0.39 is 12.5 Å². The first kappa shape index (κ1) is 22.7. The summed E-state index contributed by atoms with van der Waals surface area (Å²) in [5.74, 6) is 0.164. The van der Waals surface area contributed by atoms with Gasteiger partial charge >= 0.3 is 0 Å². The summed E-state index contributed by atoms with van der Waals surface area (Å²) in [6.07, 6.45) is -2.51. The van der Waals surface area contributed by atoms with E-state index in [-0.39, 0.29) is 36.3 Å². The third-order valence-corrected chi connectivity index (χ3v) is 4.08. The molecule has 1 aliphatic heterocycles. The molecule has 134 valence electrons. The summed E-state index contributed by atoms with van der Waals surface area (Å²) < 4.78 is 32.8. The van der Waals surface area contributed by atoms with Crippen molar-refractivity contribution >= 4 is 40.7 Å². The summed E-state index contributed by atoms with van der Waals surface area (Å²) in [7, 11) is 0. The molecule has 1 aromatic rings. The fraction of sp³-hybridized carbons (Fsp3) is 0.571. The molecule has 0 unspecified atom stereocenters. The molecule has 9 heteroatoms. The number of rotatable bonds is 5. The Hall–Kier alpha value is -0.340. The number of nitrogens with zero attached hydrogens (tertiary/aromatic N) is 1. The lowest BCUT2D eigenvalue weighted by Crippen LogP contribution is -2.46. The Morgan fingerprint density at radius 3 is 2.43 bits per heavy atom. The zero-order valence-electron chi connectivity index (χ0n) is 12.6. The van der Waals surface area contributed by atoms with E-state index in [1.165, 1.54) is 12.1 Å². The maximum absolute atomic E-state index is 13.5. The van der Waals surface area contributed by atoms with Gasteiger partial charge in [0.1, 0.15) is 0 Å². The van der Waals surface area contributed by atoms with Crippen molar-refractivity contribution in [1.82, 2.24) is 10.2 Å². The first-order valence-electron chi connectivity index (χ1n) is 6.92. The van der Waals surface area contributed by atoms with Crippen LogP contribution in [0.5, 0.6) is 11.5 Å². The number of phenolic OH excluding ortho intramolecular Hbond substituents is 1. The number of nitrogens with one attached hydrogen (secondary N) is 1.